The number of piperazine rings is 1. The van der Waals surface area contributed by atoms with E-state index in [1.807, 2.05) is 30.3 Å². The first-order valence-electron chi connectivity index (χ1n) is 21.1. The maximum Gasteiger partial charge on any atom is 0.329 e. The molecule has 4 aromatic rings. The van der Waals surface area contributed by atoms with Crippen LogP contribution in [0.1, 0.15) is 47.6 Å². The third-order valence-corrected chi connectivity index (χ3v) is 11.3. The standard InChI is InChI=1S/C49H54ClN5O10/c1-5-6-8-15-33-16-11-12-17-34(33)21-25-42(57)52-37(26-32-18-22-36(56)23-19-32)47(61)54(2)39(28-35-20-24-41(64-4)45(59)44(35)50)48(62)55(3)40(27-31-13-9-7-10-14-31)49(63)65-30-38-46(60)51-29-43(58)53-38/h7-25,37-40,56,59H,5-6,26-30H2,1-4H3,(H,51,60)(H,52,57)(H,53,58)/b15-8-,25-21+/t37-,38+,39?,40+/m1/s1. The molecule has 0 aromatic heterocycles. The molecule has 4 atom stereocenters. The van der Waals surface area contributed by atoms with E-state index in [-0.39, 0.29) is 47.9 Å². The fourth-order valence-electron chi connectivity index (χ4n) is 7.14. The topological polar surface area (TPSA) is 204 Å². The number of benzene rings is 4. The highest BCUT2D eigenvalue weighted by Crippen LogP contribution is 2.37. The summed E-state index contributed by atoms with van der Waals surface area (Å²) in [4.78, 5) is 84.4. The average Bonchev–Trinajstić information content (AvgIpc) is 3.31. The number of carbonyl (C=O) groups is 6. The second-order valence-corrected chi connectivity index (χ2v) is 15.8. The molecule has 0 bridgehead atoms. The number of unbranched alkanes of at least 4 members (excludes halogenated alkanes) is 1. The number of phenolic OH excluding ortho intramolecular Hbond substituents is 2. The highest BCUT2D eigenvalue weighted by atomic mass is 35.5. The Hall–Kier alpha value is -7.13. The van der Waals surface area contributed by atoms with Gasteiger partial charge in [0.1, 0.15) is 36.5 Å². The Morgan fingerprint density at radius 1 is 0.831 bits per heavy atom. The second kappa shape index (κ2) is 23.5. The number of halogens is 1. The van der Waals surface area contributed by atoms with Crippen molar-refractivity contribution in [2.45, 2.75) is 63.2 Å². The molecule has 1 fully saturated rings. The maximum atomic E-state index is 15.0. The van der Waals surface area contributed by atoms with Crippen LogP contribution in [0, 0.1) is 0 Å². The van der Waals surface area contributed by atoms with Crippen LogP contribution >= 0.6 is 11.6 Å². The summed E-state index contributed by atoms with van der Waals surface area (Å²) in [7, 11) is 4.11. The number of nitrogens with zero attached hydrogens (tertiary/aromatic N) is 2. The highest BCUT2D eigenvalue weighted by Gasteiger charge is 2.39. The summed E-state index contributed by atoms with van der Waals surface area (Å²) < 4.78 is 10.8. The van der Waals surface area contributed by atoms with E-state index in [9.17, 15) is 34.2 Å². The SMILES string of the molecule is CCC/C=C\c1ccccc1/C=C/C(=O)N[C@H](Cc1ccc(O)cc1)C(=O)N(C)C(Cc1ccc(OC)c(O)c1Cl)C(=O)N(C)[C@@H](Cc1ccccc1)C(=O)OC[C@@H]1NC(=O)CNC1=O. The Kier molecular flexibility index (Phi) is 17.7. The molecule has 65 heavy (non-hydrogen) atoms. The van der Waals surface area contributed by atoms with Gasteiger partial charge in [0, 0.05) is 39.4 Å². The second-order valence-electron chi connectivity index (χ2n) is 15.5. The summed E-state index contributed by atoms with van der Waals surface area (Å²) in [6.45, 7) is 1.34. The average molecular weight is 908 g/mol. The number of ether oxygens (including phenoxy) is 2. The Morgan fingerprint density at radius 2 is 1.48 bits per heavy atom. The van der Waals surface area contributed by atoms with Gasteiger partial charge in [-0.15, -0.1) is 0 Å². The molecule has 1 unspecified atom stereocenters. The van der Waals surface area contributed by atoms with Crippen LogP contribution in [0.2, 0.25) is 5.02 Å². The van der Waals surface area contributed by atoms with Crippen molar-refractivity contribution in [3.05, 3.63) is 136 Å². The Morgan fingerprint density at radius 3 is 2.15 bits per heavy atom. The zero-order valence-electron chi connectivity index (χ0n) is 36.7. The van der Waals surface area contributed by atoms with E-state index in [1.165, 1.54) is 51.5 Å². The van der Waals surface area contributed by atoms with Gasteiger partial charge in [0.05, 0.1) is 18.7 Å². The first-order chi connectivity index (χ1) is 31.2. The molecule has 342 valence electrons. The van der Waals surface area contributed by atoms with Crippen molar-refractivity contribution in [2.24, 2.45) is 0 Å². The van der Waals surface area contributed by atoms with Crippen LogP contribution in [0.5, 0.6) is 17.2 Å². The molecule has 5 amide bonds. The summed E-state index contributed by atoms with van der Waals surface area (Å²) in [6, 6.07) is 20.3. The monoisotopic (exact) mass is 907 g/mol. The number of methoxy groups -OCH3 is 1. The zero-order chi connectivity index (χ0) is 47.0. The third-order valence-electron chi connectivity index (χ3n) is 10.9. The first kappa shape index (κ1) is 48.9. The first-order valence-corrected chi connectivity index (χ1v) is 21.5. The molecule has 0 spiro atoms. The maximum absolute atomic E-state index is 15.0. The number of hydrogen-bond acceptors (Lipinski definition) is 10. The van der Waals surface area contributed by atoms with Gasteiger partial charge >= 0.3 is 5.97 Å². The van der Waals surface area contributed by atoms with Gasteiger partial charge in [0.25, 0.3) is 0 Å². The molecule has 16 heteroatoms. The Labute approximate surface area is 383 Å². The lowest BCUT2D eigenvalue weighted by atomic mass is 9.98. The highest BCUT2D eigenvalue weighted by molar-refractivity contribution is 6.33. The fraction of sp³-hybridized carbons (Fsp3) is 0.306. The van der Waals surface area contributed by atoms with Crippen LogP contribution in [0.25, 0.3) is 12.2 Å². The molecule has 5 rings (SSSR count). The van der Waals surface area contributed by atoms with Crippen LogP contribution in [-0.2, 0) is 52.8 Å². The summed E-state index contributed by atoms with van der Waals surface area (Å²) in [5.74, 6) is -4.26. The van der Waals surface area contributed by atoms with Crippen LogP contribution in [0.3, 0.4) is 0 Å². The van der Waals surface area contributed by atoms with Crippen LogP contribution in [0.4, 0.5) is 0 Å². The molecule has 0 radical (unpaired) electrons. The van der Waals surface area contributed by atoms with E-state index in [0.29, 0.717) is 11.1 Å². The minimum absolute atomic E-state index is 0.00368. The van der Waals surface area contributed by atoms with Gasteiger partial charge in [-0.1, -0.05) is 110 Å². The predicted octanol–water partition coefficient (Wildman–Crippen LogP) is 4.61. The smallest absolute Gasteiger partial charge is 0.329 e. The molecule has 1 aliphatic heterocycles. The van der Waals surface area contributed by atoms with E-state index < -0.39 is 72.0 Å². The van der Waals surface area contributed by atoms with E-state index >= 15 is 4.79 Å². The molecular weight excluding hydrogens is 854 g/mol. The fourth-order valence-corrected chi connectivity index (χ4v) is 7.37. The summed E-state index contributed by atoms with van der Waals surface area (Å²) in [6.07, 6.45) is 8.50. The number of likely N-dealkylation sites (N-methyl/N-ethyl adjacent to an activating group) is 2. The number of nitrogens with one attached hydrogen (secondary N) is 3. The molecule has 15 nitrogen and oxygen atoms in total. The van der Waals surface area contributed by atoms with Gasteiger partial charge in [-0.25, -0.2) is 4.79 Å². The summed E-state index contributed by atoms with van der Waals surface area (Å²) in [5, 5.41) is 28.4. The predicted molar refractivity (Wildman–Crippen MR) is 246 cm³/mol. The number of carbonyl (C=O) groups excluding carboxylic acids is 6. The minimum atomic E-state index is -1.41. The van der Waals surface area contributed by atoms with Crippen molar-refractivity contribution < 1.29 is 48.5 Å². The quantitative estimate of drug-likeness (QED) is 0.0616. The van der Waals surface area contributed by atoms with Crippen molar-refractivity contribution in [2.75, 3.05) is 34.4 Å². The van der Waals surface area contributed by atoms with Gasteiger partial charge in [-0.2, -0.15) is 0 Å². The number of rotatable bonds is 20. The van der Waals surface area contributed by atoms with Crippen molar-refractivity contribution in [3.63, 3.8) is 0 Å². The van der Waals surface area contributed by atoms with E-state index in [0.717, 1.165) is 33.8 Å². The normalized spacial score (nSPS) is 15.1. The molecular formula is C49H54ClN5O10. The molecule has 0 saturated carbocycles. The van der Waals surface area contributed by atoms with Crippen LogP contribution in [-0.4, -0.2) is 114 Å². The number of hydrogen-bond donors (Lipinski definition) is 5. The lowest BCUT2D eigenvalue weighted by Gasteiger charge is -2.36. The lowest BCUT2D eigenvalue weighted by Crippen LogP contribution is -2.59. The van der Waals surface area contributed by atoms with Gasteiger partial charge in [0.2, 0.25) is 29.5 Å². The molecule has 4 aromatic carbocycles. The number of aromatic hydroxyl groups is 2. The lowest BCUT2D eigenvalue weighted by molar-refractivity contribution is -0.158. The molecule has 1 saturated heterocycles. The van der Waals surface area contributed by atoms with Gasteiger partial charge in [-0.05, 0) is 58.5 Å². The zero-order valence-corrected chi connectivity index (χ0v) is 37.4. The third kappa shape index (κ3) is 13.4. The molecule has 0 aliphatic carbocycles. The van der Waals surface area contributed by atoms with Gasteiger partial charge in [0.15, 0.2) is 11.5 Å². The Balaban J connectivity index is 1.50. The number of allylic oxidation sites excluding steroid dienone is 1. The molecule has 1 heterocycles. The minimum Gasteiger partial charge on any atom is -0.508 e. The van der Waals surface area contributed by atoms with Crippen LogP contribution in [0.15, 0.2) is 103 Å². The van der Waals surface area contributed by atoms with Gasteiger partial charge < -0.3 is 45.4 Å². The van der Waals surface area contributed by atoms with Crippen molar-refractivity contribution in [1.82, 2.24) is 25.8 Å². The van der Waals surface area contributed by atoms with Crippen molar-refractivity contribution in [3.8, 4) is 17.2 Å². The van der Waals surface area contributed by atoms with Crippen LogP contribution < -0.4 is 20.7 Å². The van der Waals surface area contributed by atoms with Gasteiger partial charge in [-0.3, -0.25) is 24.0 Å². The van der Waals surface area contributed by atoms with E-state index in [1.54, 1.807) is 48.5 Å². The summed E-state index contributed by atoms with van der Waals surface area (Å²) in [5.41, 5.74) is 3.17. The number of esters is 1. The van der Waals surface area contributed by atoms with E-state index in [4.69, 9.17) is 21.1 Å². The number of amides is 5. The van der Waals surface area contributed by atoms with E-state index in [2.05, 4.69) is 29.0 Å². The number of phenols is 2. The largest absolute Gasteiger partial charge is 0.508 e. The Bertz CT molecular complexity index is 2390. The summed E-state index contributed by atoms with van der Waals surface area (Å²) >= 11 is 6.65. The molecule has 1 aliphatic rings. The van der Waals surface area contributed by atoms with Crippen molar-refractivity contribution >= 4 is 59.3 Å². The molecule has 5 N–H and O–H groups in total. The van der Waals surface area contributed by atoms with Crippen molar-refractivity contribution in [1.29, 1.82) is 0 Å².